The average Bonchev–Trinajstić information content (AvgIpc) is 2.98. The van der Waals surface area contributed by atoms with Crippen LogP contribution in [0.3, 0.4) is 0 Å². The van der Waals surface area contributed by atoms with Gasteiger partial charge in [0.05, 0.1) is 12.2 Å². The van der Waals surface area contributed by atoms with E-state index < -0.39 is 5.97 Å². The quantitative estimate of drug-likeness (QED) is 0.316. The minimum absolute atomic E-state index is 0.00512. The summed E-state index contributed by atoms with van der Waals surface area (Å²) in [4.78, 5) is 23.1. The average molecular weight is 409 g/mol. The van der Waals surface area contributed by atoms with Crippen molar-refractivity contribution in [2.24, 2.45) is 17.3 Å². The molecule has 1 rings (SSSR count). The van der Waals surface area contributed by atoms with Crippen LogP contribution < -0.4 is 0 Å². The summed E-state index contributed by atoms with van der Waals surface area (Å²) in [6, 6.07) is 0. The molecule has 0 radical (unpaired) electrons. The largest absolute Gasteiger partial charge is 0.481 e. The zero-order chi connectivity index (χ0) is 21.9. The van der Waals surface area contributed by atoms with Crippen molar-refractivity contribution in [1.29, 1.82) is 0 Å². The Morgan fingerprint density at radius 2 is 2.00 bits per heavy atom. The van der Waals surface area contributed by atoms with Gasteiger partial charge in [0, 0.05) is 38.9 Å². The molecule has 0 spiro atoms. The lowest BCUT2D eigenvalue weighted by atomic mass is 9.80. The number of ketones is 1. The van der Waals surface area contributed by atoms with Gasteiger partial charge in [-0.15, -0.1) is 0 Å². The van der Waals surface area contributed by atoms with Gasteiger partial charge in [-0.3, -0.25) is 9.59 Å². The van der Waals surface area contributed by atoms with Gasteiger partial charge in [0.2, 0.25) is 0 Å². The molecule has 1 N–H and O–H groups in total. The van der Waals surface area contributed by atoms with E-state index in [0.29, 0.717) is 19.3 Å². The van der Waals surface area contributed by atoms with Crippen LogP contribution in [0.15, 0.2) is 24.3 Å². The molecule has 4 atom stereocenters. The second kappa shape index (κ2) is 13.0. The molecule has 1 saturated carbocycles. The number of hydrogen-bond acceptors (Lipinski definition) is 4. The molecule has 5 heteroatoms. The molecule has 0 saturated heterocycles. The van der Waals surface area contributed by atoms with Crippen LogP contribution in [0, 0.1) is 17.3 Å². The highest BCUT2D eigenvalue weighted by Gasteiger charge is 2.40. The third-order valence-corrected chi connectivity index (χ3v) is 6.04. The van der Waals surface area contributed by atoms with Crippen molar-refractivity contribution in [3.05, 3.63) is 24.3 Å². The Morgan fingerprint density at radius 1 is 1.28 bits per heavy atom. The molecule has 166 valence electrons. The predicted molar refractivity (Wildman–Crippen MR) is 116 cm³/mol. The number of Topliss-reactive ketones (excluding diaryl/α,β-unsaturated/α-hetero) is 1. The molecule has 0 aromatic heterocycles. The lowest BCUT2D eigenvalue weighted by molar-refractivity contribution is -0.137. The van der Waals surface area contributed by atoms with Crippen molar-refractivity contribution < 1.29 is 24.2 Å². The Hall–Kier alpha value is -1.46. The lowest BCUT2D eigenvalue weighted by Crippen LogP contribution is -2.30. The van der Waals surface area contributed by atoms with E-state index in [1.807, 2.05) is 12.2 Å². The van der Waals surface area contributed by atoms with Crippen molar-refractivity contribution in [3.8, 4) is 0 Å². The number of ether oxygens (including phenoxy) is 2. The second-order valence-electron chi connectivity index (χ2n) is 8.75. The Bertz CT molecular complexity index is 564. The highest BCUT2D eigenvalue weighted by atomic mass is 16.5. The first-order valence-corrected chi connectivity index (χ1v) is 10.9. The van der Waals surface area contributed by atoms with Crippen molar-refractivity contribution in [2.75, 3.05) is 14.2 Å². The van der Waals surface area contributed by atoms with Crippen LogP contribution in [-0.2, 0) is 19.1 Å². The second-order valence-corrected chi connectivity index (χ2v) is 8.75. The summed E-state index contributed by atoms with van der Waals surface area (Å²) in [5, 5.41) is 8.70. The number of hydrogen-bond donors (Lipinski definition) is 1. The van der Waals surface area contributed by atoms with Crippen LogP contribution in [0.25, 0.3) is 0 Å². The smallest absolute Gasteiger partial charge is 0.303 e. The zero-order valence-corrected chi connectivity index (χ0v) is 18.9. The van der Waals surface area contributed by atoms with Crippen LogP contribution in [0.2, 0.25) is 0 Å². The van der Waals surface area contributed by atoms with Gasteiger partial charge in [0.15, 0.2) is 0 Å². The molecule has 0 heterocycles. The van der Waals surface area contributed by atoms with E-state index >= 15 is 0 Å². The van der Waals surface area contributed by atoms with E-state index in [-0.39, 0.29) is 41.7 Å². The zero-order valence-electron chi connectivity index (χ0n) is 18.9. The van der Waals surface area contributed by atoms with Gasteiger partial charge in [-0.1, -0.05) is 57.9 Å². The van der Waals surface area contributed by atoms with E-state index in [2.05, 4.69) is 32.9 Å². The Balaban J connectivity index is 2.79. The maximum atomic E-state index is 12.6. The van der Waals surface area contributed by atoms with E-state index in [1.54, 1.807) is 14.2 Å². The molecule has 0 aromatic rings. The molecule has 1 aliphatic rings. The summed E-state index contributed by atoms with van der Waals surface area (Å²) in [5.74, 6) is -0.591. The van der Waals surface area contributed by atoms with Gasteiger partial charge in [-0.25, -0.2) is 0 Å². The van der Waals surface area contributed by atoms with Gasteiger partial charge < -0.3 is 14.6 Å². The minimum Gasteiger partial charge on any atom is -0.481 e. The van der Waals surface area contributed by atoms with Crippen molar-refractivity contribution in [3.63, 3.8) is 0 Å². The van der Waals surface area contributed by atoms with Crippen molar-refractivity contribution in [2.45, 2.75) is 84.3 Å². The Morgan fingerprint density at radius 3 is 2.59 bits per heavy atom. The summed E-state index contributed by atoms with van der Waals surface area (Å²) in [7, 11) is 3.41. The molecule has 1 fully saturated rings. The van der Waals surface area contributed by atoms with Crippen LogP contribution in [0.1, 0.15) is 72.1 Å². The summed E-state index contributed by atoms with van der Waals surface area (Å²) >= 11 is 0. The summed E-state index contributed by atoms with van der Waals surface area (Å²) in [6.45, 7) is 6.65. The number of unbranched alkanes of at least 4 members (excludes halogenated alkanes) is 2. The number of allylic oxidation sites excluding steroid dienone is 2. The predicted octanol–water partition coefficient (Wildman–Crippen LogP) is 5.20. The number of rotatable bonds is 14. The topological polar surface area (TPSA) is 72.8 Å². The monoisotopic (exact) mass is 408 g/mol. The standard InChI is InChI=1S/C24H40O5/c1-6-7-16-24(2,3)22(29-5)15-14-19-18(20(25)17-21(19)28-4)12-10-8-9-11-13-23(26)27/h8,10,14-15,18-19,21-22H,6-7,9,11-13,16-17H2,1-5H3,(H,26,27)/b10-8-,15-14+/t18-,19-,21?,22?/m1/s1. The molecule has 5 nitrogen and oxygen atoms in total. The first-order chi connectivity index (χ1) is 13.8. The van der Waals surface area contributed by atoms with Gasteiger partial charge in [-0.2, -0.15) is 0 Å². The molecule has 0 bridgehead atoms. The fourth-order valence-electron chi connectivity index (χ4n) is 4.14. The fourth-order valence-corrected chi connectivity index (χ4v) is 4.14. The number of aliphatic carboxylic acids is 1. The lowest BCUT2D eigenvalue weighted by Gasteiger charge is -2.32. The van der Waals surface area contributed by atoms with Crippen LogP contribution in [0.4, 0.5) is 0 Å². The van der Waals surface area contributed by atoms with Crippen LogP contribution >= 0.6 is 0 Å². The maximum absolute atomic E-state index is 12.6. The van der Waals surface area contributed by atoms with Crippen molar-refractivity contribution in [1.82, 2.24) is 0 Å². The number of carboxylic acid groups (broad SMARTS) is 1. The normalized spacial score (nSPS) is 24.0. The number of carbonyl (C=O) groups excluding carboxylic acids is 1. The number of carbonyl (C=O) groups is 2. The molecular weight excluding hydrogens is 368 g/mol. The molecule has 0 aromatic carbocycles. The molecule has 0 amide bonds. The molecular formula is C24H40O5. The SMILES string of the molecule is CCCCC(C)(C)C(/C=C/[C@H]1C(OC)CC(=O)[C@@H]1C/C=C\CCCC(=O)O)OC. The van der Waals surface area contributed by atoms with E-state index in [1.165, 1.54) is 6.42 Å². The molecule has 29 heavy (non-hydrogen) atoms. The van der Waals surface area contributed by atoms with Crippen LogP contribution in [0.5, 0.6) is 0 Å². The number of carboxylic acids is 1. The van der Waals surface area contributed by atoms with Crippen molar-refractivity contribution >= 4 is 11.8 Å². The first kappa shape index (κ1) is 25.6. The van der Waals surface area contributed by atoms with E-state index in [4.69, 9.17) is 14.6 Å². The van der Waals surface area contributed by atoms with Gasteiger partial charge in [-0.05, 0) is 31.1 Å². The molecule has 1 aliphatic carbocycles. The van der Waals surface area contributed by atoms with Gasteiger partial charge in [0.1, 0.15) is 5.78 Å². The van der Waals surface area contributed by atoms with Crippen LogP contribution in [-0.4, -0.2) is 43.3 Å². The Labute approximate surface area is 176 Å². The third kappa shape index (κ3) is 8.43. The highest BCUT2D eigenvalue weighted by molar-refractivity contribution is 5.84. The highest BCUT2D eigenvalue weighted by Crippen LogP contribution is 2.36. The van der Waals surface area contributed by atoms with Gasteiger partial charge in [0.25, 0.3) is 0 Å². The fraction of sp³-hybridized carbons (Fsp3) is 0.750. The molecule has 0 aliphatic heterocycles. The van der Waals surface area contributed by atoms with E-state index in [0.717, 1.165) is 19.3 Å². The minimum atomic E-state index is -0.771. The summed E-state index contributed by atoms with van der Waals surface area (Å²) in [6.07, 6.45) is 14.2. The Kier molecular flexibility index (Phi) is 11.4. The van der Waals surface area contributed by atoms with Gasteiger partial charge >= 0.3 is 5.97 Å². The van der Waals surface area contributed by atoms with E-state index in [9.17, 15) is 9.59 Å². The molecule has 2 unspecified atom stereocenters. The maximum Gasteiger partial charge on any atom is 0.303 e. The summed E-state index contributed by atoms with van der Waals surface area (Å²) in [5.41, 5.74) is 0.0337. The number of methoxy groups -OCH3 is 2. The first-order valence-electron chi connectivity index (χ1n) is 10.9. The third-order valence-electron chi connectivity index (χ3n) is 6.04. The summed E-state index contributed by atoms with van der Waals surface area (Å²) < 4.78 is 11.4.